The van der Waals surface area contributed by atoms with Gasteiger partial charge >= 0.3 is 5.97 Å². The number of aromatic nitrogens is 4. The van der Waals surface area contributed by atoms with Gasteiger partial charge in [0.2, 0.25) is 5.95 Å². The molecule has 5 rings (SSSR count). The van der Waals surface area contributed by atoms with Crippen LogP contribution in [0.2, 0.25) is 0 Å². The summed E-state index contributed by atoms with van der Waals surface area (Å²) in [6.07, 6.45) is -2.63. The molecule has 1 aliphatic carbocycles. The van der Waals surface area contributed by atoms with Crippen molar-refractivity contribution < 1.29 is 27.7 Å². The number of anilines is 2. The molecule has 2 aliphatic heterocycles. The fourth-order valence-corrected chi connectivity index (χ4v) is 8.29. The first kappa shape index (κ1) is 25.0. The molecule has 0 amide bonds. The predicted molar refractivity (Wildman–Crippen MR) is 129 cm³/mol. The van der Waals surface area contributed by atoms with E-state index >= 15 is 4.39 Å². The molecular formula is C19H26ClFN7O5PS. The fourth-order valence-electron chi connectivity index (χ4n) is 4.69. The van der Waals surface area contributed by atoms with Gasteiger partial charge in [0.1, 0.15) is 17.7 Å². The summed E-state index contributed by atoms with van der Waals surface area (Å²) < 4.78 is 41.0. The fraction of sp³-hybridized carbons (Fsp3) is 0.684. The number of nitrogen functional groups attached to an aromatic ring is 1. The van der Waals surface area contributed by atoms with Crippen LogP contribution in [0.25, 0.3) is 11.2 Å². The number of nitrogens with one attached hydrogen (secondary N) is 1. The van der Waals surface area contributed by atoms with E-state index in [1.807, 2.05) is 0 Å². The number of ether oxygens (including phenoxy) is 2. The Kier molecular flexibility index (Phi) is 5.83. The van der Waals surface area contributed by atoms with Crippen LogP contribution in [-0.2, 0) is 35.1 Å². The molecule has 3 N–H and O–H groups in total. The van der Waals surface area contributed by atoms with Crippen LogP contribution in [0.5, 0.6) is 0 Å². The number of carbonyl (C=O) groups is 1. The smallest absolute Gasteiger partial charge is 0.323 e. The summed E-state index contributed by atoms with van der Waals surface area (Å²) in [7, 11) is 3.57. The summed E-state index contributed by atoms with van der Waals surface area (Å²) in [4.78, 5) is 26.8. The van der Waals surface area contributed by atoms with E-state index in [1.165, 1.54) is 10.9 Å². The SMILES string of the molecule is CC(C)OC(=O)[C@H](C)NP1(=S)OC2[C@@]3(CCl)O[C@@H](n4cnc5c(N(C)C)nc(N)nc54)[C@H](F)[C@@]23O1. The maximum atomic E-state index is 16.2. The van der Waals surface area contributed by atoms with Crippen molar-refractivity contribution in [2.24, 2.45) is 0 Å². The third kappa shape index (κ3) is 3.49. The Balaban J connectivity index is 1.44. The molecule has 4 heterocycles. The molecule has 3 fully saturated rings. The normalized spacial score (nSPS) is 36.3. The van der Waals surface area contributed by atoms with Crippen molar-refractivity contribution in [3.8, 4) is 0 Å². The Labute approximate surface area is 210 Å². The predicted octanol–water partition coefficient (Wildman–Crippen LogP) is 1.64. The van der Waals surface area contributed by atoms with Crippen molar-refractivity contribution in [2.75, 3.05) is 30.6 Å². The van der Waals surface area contributed by atoms with Gasteiger partial charge in [0.15, 0.2) is 35.0 Å². The Bertz CT molecular complexity index is 1250. The third-order valence-electron chi connectivity index (χ3n) is 6.27. The molecule has 7 atom stereocenters. The second-order valence-electron chi connectivity index (χ2n) is 9.26. The van der Waals surface area contributed by atoms with Crippen LogP contribution in [0.15, 0.2) is 6.33 Å². The largest absolute Gasteiger partial charge is 0.462 e. The third-order valence-corrected chi connectivity index (χ3v) is 9.20. The highest BCUT2D eigenvalue weighted by atomic mass is 35.5. The Morgan fingerprint density at radius 1 is 1.46 bits per heavy atom. The monoisotopic (exact) mass is 549 g/mol. The quantitative estimate of drug-likeness (QED) is 0.295. The van der Waals surface area contributed by atoms with E-state index in [2.05, 4.69) is 20.0 Å². The molecule has 1 spiro atoms. The first-order valence-electron chi connectivity index (χ1n) is 10.9. The number of rotatable bonds is 7. The number of hydrogen-bond donors (Lipinski definition) is 2. The summed E-state index contributed by atoms with van der Waals surface area (Å²) in [5.41, 5.74) is 3.82. The van der Waals surface area contributed by atoms with Gasteiger partial charge in [0.05, 0.1) is 18.3 Å². The summed E-state index contributed by atoms with van der Waals surface area (Å²) >= 11 is 11.8. The minimum atomic E-state index is -3.26. The van der Waals surface area contributed by atoms with Crippen LogP contribution in [0.4, 0.5) is 16.2 Å². The van der Waals surface area contributed by atoms with Gasteiger partial charge in [0.25, 0.3) is 6.64 Å². The number of hydrogen-bond acceptors (Lipinski definition) is 11. The first-order valence-corrected chi connectivity index (χ1v) is 14.1. The second kappa shape index (κ2) is 8.17. The van der Waals surface area contributed by atoms with Crippen LogP contribution >= 0.6 is 18.2 Å². The number of carbonyl (C=O) groups excluding carboxylic acids is 1. The number of halogens is 2. The van der Waals surface area contributed by atoms with Crippen LogP contribution in [0, 0.1) is 0 Å². The number of fused-ring (bicyclic) bond motifs is 2. The Hall–Kier alpha value is -1.67. The summed E-state index contributed by atoms with van der Waals surface area (Å²) in [6, 6.07) is -0.819. The minimum Gasteiger partial charge on any atom is -0.462 e. The minimum absolute atomic E-state index is 0.00651. The molecule has 192 valence electrons. The maximum Gasteiger partial charge on any atom is 0.323 e. The summed E-state index contributed by atoms with van der Waals surface area (Å²) in [5, 5.41) is 2.88. The molecule has 0 aromatic carbocycles. The van der Waals surface area contributed by atoms with Crippen molar-refractivity contribution in [3.63, 3.8) is 0 Å². The average molecular weight is 550 g/mol. The molecule has 0 bridgehead atoms. The van der Waals surface area contributed by atoms with E-state index in [1.54, 1.807) is 39.8 Å². The molecule has 2 aromatic rings. The number of nitrogens with two attached hydrogens (primary N) is 1. The average Bonchev–Trinajstić information content (AvgIpc) is 3.13. The van der Waals surface area contributed by atoms with E-state index in [9.17, 15) is 4.79 Å². The highest BCUT2D eigenvalue weighted by molar-refractivity contribution is 8.09. The second-order valence-corrected chi connectivity index (χ2v) is 12.6. The zero-order valence-electron chi connectivity index (χ0n) is 19.6. The lowest BCUT2D eigenvalue weighted by Gasteiger charge is -2.27. The van der Waals surface area contributed by atoms with Gasteiger partial charge in [-0.2, -0.15) is 9.97 Å². The zero-order valence-corrected chi connectivity index (χ0v) is 22.1. The van der Waals surface area contributed by atoms with Gasteiger partial charge in [-0.25, -0.2) is 14.5 Å². The van der Waals surface area contributed by atoms with Crippen molar-refractivity contribution in [1.82, 2.24) is 24.6 Å². The molecule has 16 heteroatoms. The van der Waals surface area contributed by atoms with E-state index in [0.717, 1.165) is 0 Å². The molecule has 0 radical (unpaired) electrons. The van der Waals surface area contributed by atoms with Crippen molar-refractivity contribution in [3.05, 3.63) is 6.33 Å². The summed E-state index contributed by atoms with van der Waals surface area (Å²) in [6.45, 7) is 1.79. The number of nitrogens with zero attached hydrogens (tertiary/aromatic N) is 5. The van der Waals surface area contributed by atoms with Crippen LogP contribution in [0.1, 0.15) is 27.0 Å². The molecular weight excluding hydrogens is 524 g/mol. The van der Waals surface area contributed by atoms with E-state index in [4.69, 9.17) is 47.7 Å². The van der Waals surface area contributed by atoms with Gasteiger partial charge in [-0.1, -0.05) is 0 Å². The van der Waals surface area contributed by atoms with Gasteiger partial charge in [-0.15, -0.1) is 11.6 Å². The lowest BCUT2D eigenvalue weighted by Crippen LogP contribution is -2.38. The number of imidazole rings is 1. The van der Waals surface area contributed by atoms with Crippen LogP contribution in [-0.4, -0.2) is 81.1 Å². The number of alkyl halides is 2. The van der Waals surface area contributed by atoms with Crippen LogP contribution < -0.4 is 15.7 Å². The first-order chi connectivity index (χ1) is 16.4. The Morgan fingerprint density at radius 2 is 2.17 bits per heavy atom. The van der Waals surface area contributed by atoms with Crippen molar-refractivity contribution in [1.29, 1.82) is 0 Å². The molecule has 2 saturated heterocycles. The molecule has 1 saturated carbocycles. The molecule has 12 nitrogen and oxygen atoms in total. The van der Waals surface area contributed by atoms with Crippen molar-refractivity contribution in [2.45, 2.75) is 62.6 Å². The molecule has 2 unspecified atom stereocenters. The molecule has 3 aliphatic rings. The van der Waals surface area contributed by atoms with Gasteiger partial charge in [-0.05, 0) is 32.6 Å². The van der Waals surface area contributed by atoms with Gasteiger partial charge in [-0.3, -0.25) is 9.36 Å². The van der Waals surface area contributed by atoms with E-state index in [-0.39, 0.29) is 17.9 Å². The topological polar surface area (TPSA) is 139 Å². The van der Waals surface area contributed by atoms with E-state index in [0.29, 0.717) is 17.0 Å². The lowest BCUT2D eigenvalue weighted by molar-refractivity contribution is -0.149. The zero-order chi connectivity index (χ0) is 25.5. The van der Waals surface area contributed by atoms with Gasteiger partial charge in [0, 0.05) is 14.1 Å². The summed E-state index contributed by atoms with van der Waals surface area (Å²) in [5.74, 6) is -0.127. The highest BCUT2D eigenvalue weighted by Crippen LogP contribution is 2.79. The lowest BCUT2D eigenvalue weighted by atomic mass is 10.1. The number of esters is 1. The Morgan fingerprint density at radius 3 is 2.80 bits per heavy atom. The van der Waals surface area contributed by atoms with Gasteiger partial charge < -0.3 is 29.2 Å². The van der Waals surface area contributed by atoms with Crippen LogP contribution in [0.3, 0.4) is 0 Å². The standard InChI is InChI=1S/C19H26ClFN7O5PS/c1-8(2)30-15(29)9(3)26-34(35)32-16-18(6-20)19(16,33-34)11(21)14(31-18)28-7-23-10-12(27(4)5)24-17(22)25-13(10)28/h7-9,11,14,16H,6H2,1-5H3,(H,26,35)(H2,22,24,25)/t9-,11-,14+,16?,18+,19+,34?/m0/s1. The van der Waals surface area contributed by atoms with Crippen molar-refractivity contribution >= 4 is 58.9 Å². The highest BCUT2D eigenvalue weighted by Gasteiger charge is 2.94. The molecule has 35 heavy (non-hydrogen) atoms. The maximum absolute atomic E-state index is 16.2. The molecule has 2 aromatic heterocycles. The van der Waals surface area contributed by atoms with E-state index < -0.39 is 48.4 Å².